The number of hydrogen-bond acceptors (Lipinski definition) is 5. The Hall–Kier alpha value is -2.80. The van der Waals surface area contributed by atoms with Crippen LogP contribution in [0.2, 0.25) is 5.02 Å². The number of carbonyl (C=O) groups is 1. The van der Waals surface area contributed by atoms with Crippen LogP contribution in [0.25, 0.3) is 5.69 Å². The Morgan fingerprint density at radius 2 is 2.17 bits per heavy atom. The van der Waals surface area contributed by atoms with Crippen molar-refractivity contribution in [2.75, 3.05) is 0 Å². The van der Waals surface area contributed by atoms with Gasteiger partial charge in [-0.15, -0.1) is 5.10 Å². The molecule has 0 aliphatic carbocycles. The van der Waals surface area contributed by atoms with E-state index < -0.39 is 0 Å². The molecule has 0 spiro atoms. The highest BCUT2D eigenvalue weighted by atomic mass is 35.5. The van der Waals surface area contributed by atoms with Crippen molar-refractivity contribution >= 4 is 17.5 Å². The molecule has 2 heterocycles. The molecule has 23 heavy (non-hydrogen) atoms. The van der Waals surface area contributed by atoms with E-state index in [0.717, 1.165) is 11.1 Å². The van der Waals surface area contributed by atoms with Gasteiger partial charge >= 0.3 is 0 Å². The first kappa shape index (κ1) is 15.1. The molecular formula is C15H13ClN6O. The van der Waals surface area contributed by atoms with E-state index in [1.807, 2.05) is 13.0 Å². The van der Waals surface area contributed by atoms with Crippen LogP contribution in [-0.4, -0.2) is 31.1 Å². The minimum Gasteiger partial charge on any atom is -0.348 e. The fourth-order valence-corrected chi connectivity index (χ4v) is 2.36. The van der Waals surface area contributed by atoms with Gasteiger partial charge in [-0.2, -0.15) is 0 Å². The van der Waals surface area contributed by atoms with Crippen molar-refractivity contribution in [3.63, 3.8) is 0 Å². The number of nitrogens with zero attached hydrogens (tertiary/aromatic N) is 5. The number of tetrazole rings is 1. The fourth-order valence-electron chi connectivity index (χ4n) is 2.10. The Morgan fingerprint density at radius 3 is 2.87 bits per heavy atom. The van der Waals surface area contributed by atoms with E-state index in [0.29, 0.717) is 22.8 Å². The van der Waals surface area contributed by atoms with Crippen molar-refractivity contribution in [2.45, 2.75) is 13.5 Å². The highest BCUT2D eigenvalue weighted by Gasteiger charge is 2.12. The van der Waals surface area contributed by atoms with E-state index in [4.69, 9.17) is 11.6 Å². The summed E-state index contributed by atoms with van der Waals surface area (Å²) in [6.45, 7) is 2.34. The van der Waals surface area contributed by atoms with E-state index in [1.165, 1.54) is 11.0 Å². The summed E-state index contributed by atoms with van der Waals surface area (Å²) in [5.41, 5.74) is 3.05. The van der Waals surface area contributed by atoms with Crippen LogP contribution in [0.4, 0.5) is 0 Å². The zero-order valence-corrected chi connectivity index (χ0v) is 13.0. The van der Waals surface area contributed by atoms with Gasteiger partial charge in [0.2, 0.25) is 0 Å². The smallest absolute Gasteiger partial charge is 0.253 e. The van der Waals surface area contributed by atoms with Gasteiger partial charge in [-0.25, -0.2) is 4.68 Å². The van der Waals surface area contributed by atoms with E-state index in [1.54, 1.807) is 30.6 Å². The number of amides is 1. The molecule has 116 valence electrons. The molecule has 0 atom stereocenters. The molecule has 1 N–H and O–H groups in total. The first-order valence-electron chi connectivity index (χ1n) is 6.85. The van der Waals surface area contributed by atoms with Gasteiger partial charge in [0, 0.05) is 18.9 Å². The maximum Gasteiger partial charge on any atom is 0.253 e. The summed E-state index contributed by atoms with van der Waals surface area (Å²) in [6.07, 6.45) is 4.94. The molecule has 0 aliphatic rings. The monoisotopic (exact) mass is 328 g/mol. The maximum atomic E-state index is 12.3. The largest absolute Gasteiger partial charge is 0.348 e. The van der Waals surface area contributed by atoms with Crippen LogP contribution in [0.15, 0.2) is 43.0 Å². The van der Waals surface area contributed by atoms with Gasteiger partial charge in [0.1, 0.15) is 6.33 Å². The van der Waals surface area contributed by atoms with Crippen LogP contribution in [0.1, 0.15) is 21.5 Å². The quantitative estimate of drug-likeness (QED) is 0.791. The van der Waals surface area contributed by atoms with Crippen molar-refractivity contribution in [1.82, 2.24) is 30.5 Å². The molecule has 0 saturated heterocycles. The van der Waals surface area contributed by atoms with Gasteiger partial charge in [-0.05, 0) is 46.7 Å². The topological polar surface area (TPSA) is 85.6 Å². The number of hydrogen-bond donors (Lipinski definition) is 1. The third kappa shape index (κ3) is 3.51. The SMILES string of the molecule is Cc1cncc(CNC(=O)c2ccc(-n3cnnn3)cc2Cl)c1. The predicted octanol–water partition coefficient (Wildman–Crippen LogP) is 1.95. The van der Waals surface area contributed by atoms with Crippen LogP contribution in [-0.2, 0) is 6.54 Å². The number of carbonyl (C=O) groups excluding carboxylic acids is 1. The van der Waals surface area contributed by atoms with Crippen LogP contribution in [0, 0.1) is 6.92 Å². The molecule has 0 radical (unpaired) electrons. The third-order valence-electron chi connectivity index (χ3n) is 3.20. The highest BCUT2D eigenvalue weighted by Crippen LogP contribution is 2.19. The number of aromatic nitrogens is 5. The van der Waals surface area contributed by atoms with Crippen LogP contribution in [0.3, 0.4) is 0 Å². The van der Waals surface area contributed by atoms with E-state index in [2.05, 4.69) is 25.8 Å². The summed E-state index contributed by atoms with van der Waals surface area (Å²) in [4.78, 5) is 16.4. The number of nitrogens with one attached hydrogen (secondary N) is 1. The molecule has 3 aromatic rings. The van der Waals surface area contributed by atoms with Crippen molar-refractivity contribution in [1.29, 1.82) is 0 Å². The lowest BCUT2D eigenvalue weighted by molar-refractivity contribution is 0.0951. The van der Waals surface area contributed by atoms with Crippen molar-refractivity contribution in [3.8, 4) is 5.69 Å². The minimum absolute atomic E-state index is 0.250. The van der Waals surface area contributed by atoms with Gasteiger partial charge in [0.05, 0.1) is 16.3 Å². The second-order valence-electron chi connectivity index (χ2n) is 4.97. The Labute approximate surface area is 137 Å². The van der Waals surface area contributed by atoms with Crippen LogP contribution in [0.5, 0.6) is 0 Å². The van der Waals surface area contributed by atoms with Crippen molar-refractivity contribution < 1.29 is 4.79 Å². The molecule has 0 bridgehead atoms. The predicted molar refractivity (Wildman–Crippen MR) is 84.3 cm³/mol. The first-order chi connectivity index (χ1) is 11.1. The van der Waals surface area contributed by atoms with Gasteiger partial charge in [-0.1, -0.05) is 17.7 Å². The normalized spacial score (nSPS) is 10.5. The fraction of sp³-hybridized carbons (Fsp3) is 0.133. The summed E-state index contributed by atoms with van der Waals surface area (Å²) < 4.78 is 1.46. The lowest BCUT2D eigenvalue weighted by Crippen LogP contribution is -2.23. The van der Waals surface area contributed by atoms with E-state index >= 15 is 0 Å². The molecule has 1 amide bonds. The first-order valence-corrected chi connectivity index (χ1v) is 7.23. The second kappa shape index (κ2) is 6.53. The van der Waals surface area contributed by atoms with Gasteiger partial charge in [0.25, 0.3) is 5.91 Å². The molecular weight excluding hydrogens is 316 g/mol. The summed E-state index contributed by atoms with van der Waals surface area (Å²) >= 11 is 6.19. The Balaban J connectivity index is 1.72. The molecule has 2 aromatic heterocycles. The molecule has 1 aromatic carbocycles. The summed E-state index contributed by atoms with van der Waals surface area (Å²) in [7, 11) is 0. The van der Waals surface area contributed by atoms with E-state index in [-0.39, 0.29) is 5.91 Å². The number of aryl methyl sites for hydroxylation is 1. The van der Waals surface area contributed by atoms with Crippen molar-refractivity contribution in [3.05, 3.63) is 64.7 Å². The number of pyridine rings is 1. The number of halogens is 1. The molecule has 0 saturated carbocycles. The van der Waals surface area contributed by atoms with Crippen molar-refractivity contribution in [2.24, 2.45) is 0 Å². The summed E-state index contributed by atoms with van der Waals surface area (Å²) in [5.74, 6) is -0.250. The zero-order chi connectivity index (χ0) is 16.2. The van der Waals surface area contributed by atoms with Crippen LogP contribution < -0.4 is 5.32 Å². The molecule has 0 unspecified atom stereocenters. The maximum absolute atomic E-state index is 12.3. The molecule has 7 nitrogen and oxygen atoms in total. The molecule has 8 heteroatoms. The average Bonchev–Trinajstić information content (AvgIpc) is 3.07. The van der Waals surface area contributed by atoms with Gasteiger partial charge in [0.15, 0.2) is 0 Å². The average molecular weight is 329 g/mol. The minimum atomic E-state index is -0.250. The Kier molecular flexibility index (Phi) is 4.29. The number of benzene rings is 1. The lowest BCUT2D eigenvalue weighted by atomic mass is 10.1. The number of rotatable bonds is 4. The van der Waals surface area contributed by atoms with E-state index in [9.17, 15) is 4.79 Å². The molecule has 0 fully saturated rings. The van der Waals surface area contributed by atoms with Gasteiger partial charge < -0.3 is 5.32 Å². The second-order valence-corrected chi connectivity index (χ2v) is 5.38. The zero-order valence-electron chi connectivity index (χ0n) is 12.3. The standard InChI is InChI=1S/C15H13ClN6O/c1-10-4-11(7-17-6-10)8-18-15(23)13-3-2-12(5-14(13)16)22-9-19-20-21-22/h2-7,9H,8H2,1H3,(H,18,23). The van der Waals surface area contributed by atoms with Gasteiger partial charge in [-0.3, -0.25) is 9.78 Å². The Morgan fingerprint density at radius 1 is 1.30 bits per heavy atom. The Bertz CT molecular complexity index is 834. The molecule has 0 aliphatic heterocycles. The molecule has 3 rings (SSSR count). The lowest BCUT2D eigenvalue weighted by Gasteiger charge is -2.08. The summed E-state index contributed by atoms with van der Waals surface area (Å²) in [5, 5.41) is 14.1. The summed E-state index contributed by atoms with van der Waals surface area (Å²) in [6, 6.07) is 6.98. The van der Waals surface area contributed by atoms with Crippen LogP contribution >= 0.6 is 11.6 Å². The highest BCUT2D eigenvalue weighted by molar-refractivity contribution is 6.34. The third-order valence-corrected chi connectivity index (χ3v) is 3.51.